The van der Waals surface area contributed by atoms with Gasteiger partial charge in [-0.3, -0.25) is 0 Å². The van der Waals surface area contributed by atoms with E-state index in [1.807, 2.05) is 6.07 Å². The molecule has 1 aromatic heterocycles. The fraction of sp³-hybridized carbons (Fsp3) is 0.176. The molecule has 0 saturated carbocycles. The van der Waals surface area contributed by atoms with Gasteiger partial charge >= 0.3 is 0 Å². The van der Waals surface area contributed by atoms with Crippen LogP contribution in [-0.4, -0.2) is 36.0 Å². The van der Waals surface area contributed by atoms with Gasteiger partial charge in [0.05, 0.1) is 10.8 Å². The van der Waals surface area contributed by atoms with Crippen LogP contribution in [0.4, 0.5) is 4.39 Å². The van der Waals surface area contributed by atoms with Crippen LogP contribution >= 0.6 is 11.6 Å². The molecule has 0 bridgehead atoms. The molecule has 0 atom stereocenters. The summed E-state index contributed by atoms with van der Waals surface area (Å²) >= 11 is 5.95. The van der Waals surface area contributed by atoms with Gasteiger partial charge in [0.15, 0.2) is 0 Å². The van der Waals surface area contributed by atoms with Gasteiger partial charge in [-0.1, -0.05) is 35.0 Å². The predicted octanol–water partition coefficient (Wildman–Crippen LogP) is 3.32. The molecule has 134 valence electrons. The number of hydrogen-bond donors (Lipinski definition) is 0. The number of rotatable bonds is 4. The van der Waals surface area contributed by atoms with Crippen molar-refractivity contribution in [3.63, 3.8) is 0 Å². The molecule has 1 saturated heterocycles. The first kappa shape index (κ1) is 17.1. The summed E-state index contributed by atoms with van der Waals surface area (Å²) in [6.07, 6.45) is 0. The van der Waals surface area contributed by atoms with Crippen molar-refractivity contribution in [3.05, 3.63) is 65.3 Å². The second-order valence-corrected chi connectivity index (χ2v) is 8.32. The van der Waals surface area contributed by atoms with E-state index in [0.717, 1.165) is 11.6 Å². The Balaban J connectivity index is 1.48. The van der Waals surface area contributed by atoms with Gasteiger partial charge in [0.2, 0.25) is 21.7 Å². The molecular weight excluding hydrogens is 381 g/mol. The van der Waals surface area contributed by atoms with Crippen LogP contribution < -0.4 is 0 Å². The third-order valence-electron chi connectivity index (χ3n) is 4.16. The lowest BCUT2D eigenvalue weighted by Crippen LogP contribution is -2.48. The van der Waals surface area contributed by atoms with Gasteiger partial charge in [-0.15, -0.1) is 0 Å². The summed E-state index contributed by atoms with van der Waals surface area (Å²) in [5.74, 6) is -0.0235. The smallest absolute Gasteiger partial charge is 0.243 e. The summed E-state index contributed by atoms with van der Waals surface area (Å²) in [6, 6.07) is 12.0. The average Bonchev–Trinajstić information content (AvgIpc) is 3.03. The third kappa shape index (κ3) is 3.11. The molecule has 2 aromatic carbocycles. The fourth-order valence-electron chi connectivity index (χ4n) is 2.71. The zero-order valence-corrected chi connectivity index (χ0v) is 14.9. The second-order valence-electron chi connectivity index (χ2n) is 5.94. The standard InChI is InChI=1S/C17H13ClFN3O3S/c18-13-4-1-3-11(7-13)16-20-17(25-21-16)12-9-22(10-12)26(23,24)15-6-2-5-14(19)8-15/h1-8,12H,9-10H2. The summed E-state index contributed by atoms with van der Waals surface area (Å²) in [7, 11) is -3.73. The van der Waals surface area contributed by atoms with E-state index in [1.165, 1.54) is 22.5 Å². The third-order valence-corrected chi connectivity index (χ3v) is 6.22. The monoisotopic (exact) mass is 393 g/mol. The van der Waals surface area contributed by atoms with Crippen molar-refractivity contribution in [2.45, 2.75) is 10.8 Å². The Bertz CT molecular complexity index is 1060. The van der Waals surface area contributed by atoms with Gasteiger partial charge in [-0.25, -0.2) is 12.8 Å². The molecule has 0 amide bonds. The van der Waals surface area contributed by atoms with Crippen molar-refractivity contribution >= 4 is 21.6 Å². The molecule has 1 aliphatic rings. The van der Waals surface area contributed by atoms with Crippen LogP contribution in [-0.2, 0) is 10.0 Å². The van der Waals surface area contributed by atoms with E-state index in [-0.39, 0.29) is 23.9 Å². The lowest BCUT2D eigenvalue weighted by molar-refractivity contribution is 0.216. The summed E-state index contributed by atoms with van der Waals surface area (Å²) in [5.41, 5.74) is 0.719. The topological polar surface area (TPSA) is 76.3 Å². The minimum absolute atomic E-state index is 0.0684. The van der Waals surface area contributed by atoms with Gasteiger partial charge in [0.25, 0.3) is 0 Å². The SMILES string of the molecule is O=S(=O)(c1cccc(F)c1)N1CC(c2nc(-c3cccc(Cl)c3)no2)C1. The van der Waals surface area contributed by atoms with Crippen LogP contribution in [0.15, 0.2) is 57.9 Å². The number of nitrogens with zero attached hydrogens (tertiary/aromatic N) is 3. The molecular formula is C17H13ClFN3O3S. The van der Waals surface area contributed by atoms with E-state index >= 15 is 0 Å². The van der Waals surface area contributed by atoms with Crippen LogP contribution in [0.2, 0.25) is 5.02 Å². The van der Waals surface area contributed by atoms with E-state index in [4.69, 9.17) is 16.1 Å². The summed E-state index contributed by atoms with van der Waals surface area (Å²) in [4.78, 5) is 4.26. The normalized spacial score (nSPS) is 15.8. The minimum Gasteiger partial charge on any atom is -0.339 e. The highest BCUT2D eigenvalue weighted by molar-refractivity contribution is 7.89. The van der Waals surface area contributed by atoms with Crippen molar-refractivity contribution < 1.29 is 17.3 Å². The van der Waals surface area contributed by atoms with Crippen molar-refractivity contribution in [1.82, 2.24) is 14.4 Å². The maximum Gasteiger partial charge on any atom is 0.243 e. The highest BCUT2D eigenvalue weighted by Crippen LogP contribution is 2.32. The number of hydrogen-bond acceptors (Lipinski definition) is 5. The summed E-state index contributed by atoms with van der Waals surface area (Å²) in [5, 5.41) is 4.49. The van der Waals surface area contributed by atoms with Crippen molar-refractivity contribution in [1.29, 1.82) is 0 Å². The highest BCUT2D eigenvalue weighted by Gasteiger charge is 2.40. The molecule has 1 fully saturated rings. The van der Waals surface area contributed by atoms with Crippen molar-refractivity contribution in [2.75, 3.05) is 13.1 Å². The second kappa shape index (κ2) is 6.46. The van der Waals surface area contributed by atoms with E-state index in [9.17, 15) is 12.8 Å². The largest absolute Gasteiger partial charge is 0.339 e. The van der Waals surface area contributed by atoms with Crippen LogP contribution in [0.1, 0.15) is 11.8 Å². The average molecular weight is 394 g/mol. The fourth-order valence-corrected chi connectivity index (χ4v) is 4.47. The molecule has 1 aliphatic heterocycles. The maximum atomic E-state index is 13.3. The van der Waals surface area contributed by atoms with Crippen molar-refractivity contribution in [2.24, 2.45) is 0 Å². The Morgan fingerprint density at radius 3 is 2.65 bits per heavy atom. The molecule has 0 radical (unpaired) electrons. The van der Waals surface area contributed by atoms with Gasteiger partial charge in [-0.2, -0.15) is 9.29 Å². The Morgan fingerprint density at radius 2 is 1.92 bits per heavy atom. The molecule has 0 N–H and O–H groups in total. The van der Waals surface area contributed by atoms with E-state index < -0.39 is 15.8 Å². The molecule has 0 aliphatic carbocycles. The minimum atomic E-state index is -3.73. The molecule has 9 heteroatoms. The summed E-state index contributed by atoms with van der Waals surface area (Å²) in [6.45, 7) is 0.409. The molecule has 0 spiro atoms. The first-order valence-electron chi connectivity index (χ1n) is 7.79. The molecule has 0 unspecified atom stereocenters. The van der Waals surface area contributed by atoms with E-state index in [1.54, 1.807) is 18.2 Å². The maximum absolute atomic E-state index is 13.3. The molecule has 4 rings (SSSR count). The quantitative estimate of drug-likeness (QED) is 0.679. The lowest BCUT2D eigenvalue weighted by Gasteiger charge is -2.35. The van der Waals surface area contributed by atoms with Crippen LogP contribution in [0.3, 0.4) is 0 Å². The Morgan fingerprint density at radius 1 is 1.15 bits per heavy atom. The van der Waals surface area contributed by atoms with Gasteiger partial charge in [0, 0.05) is 23.7 Å². The number of sulfonamides is 1. The number of aromatic nitrogens is 2. The molecule has 2 heterocycles. The Hall–Kier alpha value is -2.29. The number of benzene rings is 2. The van der Waals surface area contributed by atoms with Gasteiger partial charge in [0.1, 0.15) is 5.82 Å². The van der Waals surface area contributed by atoms with Gasteiger partial charge in [-0.05, 0) is 30.3 Å². The van der Waals surface area contributed by atoms with E-state index in [2.05, 4.69) is 10.1 Å². The summed E-state index contributed by atoms with van der Waals surface area (Å²) < 4.78 is 44.8. The van der Waals surface area contributed by atoms with Crippen LogP contribution in [0.5, 0.6) is 0 Å². The first-order chi connectivity index (χ1) is 12.4. The predicted molar refractivity (Wildman–Crippen MR) is 92.6 cm³/mol. The Labute approximate surface area is 154 Å². The zero-order chi connectivity index (χ0) is 18.3. The molecule has 6 nitrogen and oxygen atoms in total. The number of halogens is 2. The first-order valence-corrected chi connectivity index (χ1v) is 9.60. The van der Waals surface area contributed by atoms with E-state index in [0.29, 0.717) is 16.7 Å². The van der Waals surface area contributed by atoms with Crippen LogP contribution in [0.25, 0.3) is 11.4 Å². The molecule has 3 aromatic rings. The Kier molecular flexibility index (Phi) is 4.26. The zero-order valence-electron chi connectivity index (χ0n) is 13.3. The lowest BCUT2D eigenvalue weighted by atomic mass is 10.0. The van der Waals surface area contributed by atoms with Crippen molar-refractivity contribution in [3.8, 4) is 11.4 Å². The molecule has 26 heavy (non-hydrogen) atoms. The van der Waals surface area contributed by atoms with Crippen LogP contribution in [0, 0.1) is 5.82 Å². The highest BCUT2D eigenvalue weighted by atomic mass is 35.5. The van der Waals surface area contributed by atoms with Gasteiger partial charge < -0.3 is 4.52 Å².